The summed E-state index contributed by atoms with van der Waals surface area (Å²) in [6, 6.07) is 17.8. The van der Waals surface area contributed by atoms with E-state index in [4.69, 9.17) is 37.7 Å². The molecular weight excluding hydrogens is 737 g/mol. The second-order valence-electron chi connectivity index (χ2n) is 13.9. The molecule has 7 rings (SSSR count). The van der Waals surface area contributed by atoms with Crippen LogP contribution in [0.1, 0.15) is 31.7 Å². The monoisotopic (exact) mass is 780 g/mol. The molecule has 16 nitrogen and oxygen atoms in total. The van der Waals surface area contributed by atoms with Gasteiger partial charge in [0, 0.05) is 24.7 Å². The topological polar surface area (TPSA) is 190 Å². The summed E-state index contributed by atoms with van der Waals surface area (Å²) in [5, 5.41) is 18.5. The standard InChI is InChI=1S/C38H44N4O12S/c1-23(2)18-42(55(45,46)28-12-13-32-33(17-28)52-22-51-32)19-31(43)30(39-38(44)53-34-20-50-37-29(34)14-15-48-37)16-24-4-8-27(9-5-24)49-21-35-40-36(54-41-35)25-6-10-26(47-3)11-7-25/h4-13,17,23,29-31,34,37,43H,14-16,18-22H2,1-3H3,(H,39,44)/t29-,30-,31+,34-,37+/m0/s1. The van der Waals surface area contributed by atoms with E-state index in [9.17, 15) is 18.3 Å². The van der Waals surface area contributed by atoms with Crippen LogP contribution in [0.4, 0.5) is 4.79 Å². The normalized spacial score (nSPS) is 20.0. The highest BCUT2D eigenvalue weighted by Gasteiger charge is 2.44. The Morgan fingerprint density at radius 2 is 1.76 bits per heavy atom. The molecular formula is C38H44N4O12S. The number of nitrogens with one attached hydrogen (secondary N) is 1. The van der Waals surface area contributed by atoms with Crippen LogP contribution in [0.15, 0.2) is 76.1 Å². The number of carbonyl (C=O) groups is 1. The van der Waals surface area contributed by atoms with Gasteiger partial charge in [0.05, 0.1) is 43.3 Å². The Hall–Kier alpha value is -4.94. The molecule has 2 N–H and O–H groups in total. The van der Waals surface area contributed by atoms with Crippen molar-refractivity contribution in [1.82, 2.24) is 19.8 Å². The van der Waals surface area contributed by atoms with Crippen LogP contribution in [0, 0.1) is 11.8 Å². The third-order valence-corrected chi connectivity index (χ3v) is 11.3. The maximum absolute atomic E-state index is 14.0. The van der Waals surface area contributed by atoms with Crippen LogP contribution in [0.2, 0.25) is 0 Å². The number of aromatic nitrogens is 2. The van der Waals surface area contributed by atoms with E-state index in [2.05, 4.69) is 15.5 Å². The molecule has 5 atom stereocenters. The van der Waals surface area contributed by atoms with E-state index in [0.717, 1.165) is 11.1 Å². The zero-order valence-electron chi connectivity index (χ0n) is 30.7. The van der Waals surface area contributed by atoms with E-state index in [1.165, 1.54) is 16.4 Å². The summed E-state index contributed by atoms with van der Waals surface area (Å²) in [4.78, 5) is 17.7. The number of hydrogen-bond donors (Lipinski definition) is 2. The lowest BCUT2D eigenvalue weighted by Gasteiger charge is -2.31. The largest absolute Gasteiger partial charge is 0.497 e. The fourth-order valence-electron chi connectivity index (χ4n) is 6.64. The van der Waals surface area contributed by atoms with Crippen LogP contribution in [-0.4, -0.2) is 98.8 Å². The zero-order valence-corrected chi connectivity index (χ0v) is 31.5. The lowest BCUT2D eigenvalue weighted by atomic mass is 10.0. The van der Waals surface area contributed by atoms with E-state index in [1.54, 1.807) is 49.6 Å². The van der Waals surface area contributed by atoms with Gasteiger partial charge in [-0.2, -0.15) is 9.29 Å². The Bertz CT molecular complexity index is 2030. The van der Waals surface area contributed by atoms with Crippen molar-refractivity contribution in [2.75, 3.05) is 40.2 Å². The summed E-state index contributed by atoms with van der Waals surface area (Å²) in [5.41, 5.74) is 1.48. The van der Waals surface area contributed by atoms with Crippen LogP contribution < -0.4 is 24.3 Å². The number of aliphatic hydroxyl groups is 1. The zero-order chi connectivity index (χ0) is 38.5. The molecule has 1 amide bonds. The highest BCUT2D eigenvalue weighted by Crippen LogP contribution is 2.35. The number of aliphatic hydroxyl groups excluding tert-OH is 1. The fourth-order valence-corrected chi connectivity index (χ4v) is 8.28. The van der Waals surface area contributed by atoms with Crippen molar-refractivity contribution < 1.29 is 56.0 Å². The predicted molar refractivity (Wildman–Crippen MR) is 194 cm³/mol. The van der Waals surface area contributed by atoms with Crippen molar-refractivity contribution in [3.05, 3.63) is 78.1 Å². The molecule has 3 aromatic carbocycles. The number of carbonyl (C=O) groups excluding carboxylic acids is 1. The molecule has 55 heavy (non-hydrogen) atoms. The van der Waals surface area contributed by atoms with E-state index < -0.39 is 40.7 Å². The van der Waals surface area contributed by atoms with Crippen LogP contribution in [0.5, 0.6) is 23.0 Å². The summed E-state index contributed by atoms with van der Waals surface area (Å²) >= 11 is 0. The maximum Gasteiger partial charge on any atom is 0.407 e. The molecule has 3 aliphatic heterocycles. The summed E-state index contributed by atoms with van der Waals surface area (Å²) in [7, 11) is -2.51. The van der Waals surface area contributed by atoms with Gasteiger partial charge >= 0.3 is 6.09 Å². The van der Waals surface area contributed by atoms with Crippen molar-refractivity contribution in [1.29, 1.82) is 0 Å². The molecule has 0 bridgehead atoms. The van der Waals surface area contributed by atoms with Crippen molar-refractivity contribution in [3.8, 4) is 34.5 Å². The molecule has 294 valence electrons. The fraction of sp³-hybridized carbons (Fsp3) is 0.447. The van der Waals surface area contributed by atoms with Gasteiger partial charge in [-0.1, -0.05) is 31.1 Å². The van der Waals surface area contributed by atoms with Crippen molar-refractivity contribution in [2.24, 2.45) is 11.8 Å². The van der Waals surface area contributed by atoms with Crippen LogP contribution in [0.25, 0.3) is 11.5 Å². The minimum absolute atomic E-state index is 0.00328. The average molecular weight is 781 g/mol. The van der Waals surface area contributed by atoms with Crippen molar-refractivity contribution in [2.45, 2.75) is 62.7 Å². The molecule has 0 spiro atoms. The molecule has 4 aromatic rings. The molecule has 0 aliphatic carbocycles. The third kappa shape index (κ3) is 9.13. The van der Waals surface area contributed by atoms with Gasteiger partial charge in [-0.05, 0) is 72.9 Å². The molecule has 2 saturated heterocycles. The SMILES string of the molecule is COc1ccc(-c2nc(COc3ccc(C[C@H](NC(=O)O[C@H]4CO[C@H]5OCC[C@H]54)[C@H](O)CN(CC(C)C)S(=O)(=O)c4ccc5c(c4)OCO5)cc3)no2)cc1. The Kier molecular flexibility index (Phi) is 11.7. The second kappa shape index (κ2) is 16.8. The van der Waals surface area contributed by atoms with Crippen molar-refractivity contribution >= 4 is 16.1 Å². The molecule has 17 heteroatoms. The summed E-state index contributed by atoms with van der Waals surface area (Å²) in [6.07, 6.45) is -2.19. The first-order chi connectivity index (χ1) is 26.5. The van der Waals surface area contributed by atoms with Crippen molar-refractivity contribution in [3.63, 3.8) is 0 Å². The molecule has 1 aromatic heterocycles. The van der Waals surface area contributed by atoms with Gasteiger partial charge in [0.2, 0.25) is 22.6 Å². The van der Waals surface area contributed by atoms with Crippen LogP contribution >= 0.6 is 0 Å². The minimum Gasteiger partial charge on any atom is -0.497 e. The lowest BCUT2D eigenvalue weighted by Crippen LogP contribution is -2.51. The highest BCUT2D eigenvalue weighted by molar-refractivity contribution is 7.89. The van der Waals surface area contributed by atoms with Crippen LogP contribution in [-0.2, 0) is 37.3 Å². The van der Waals surface area contributed by atoms with E-state index in [-0.39, 0.29) is 56.2 Å². The van der Waals surface area contributed by atoms with Gasteiger partial charge in [-0.3, -0.25) is 0 Å². The highest BCUT2D eigenvalue weighted by atomic mass is 32.2. The molecule has 0 radical (unpaired) electrons. The first kappa shape index (κ1) is 38.3. The average Bonchev–Trinajstić information content (AvgIpc) is 4.00. The number of sulfonamides is 1. The summed E-state index contributed by atoms with van der Waals surface area (Å²) < 4.78 is 73.4. The molecule has 2 fully saturated rings. The number of amides is 1. The predicted octanol–water partition coefficient (Wildman–Crippen LogP) is 4.16. The smallest absolute Gasteiger partial charge is 0.407 e. The Morgan fingerprint density at radius 3 is 2.53 bits per heavy atom. The van der Waals surface area contributed by atoms with Crippen LogP contribution in [0.3, 0.4) is 0 Å². The second-order valence-corrected chi connectivity index (χ2v) is 15.8. The Morgan fingerprint density at radius 1 is 1.00 bits per heavy atom. The molecule has 0 saturated carbocycles. The number of methoxy groups -OCH3 is 1. The maximum atomic E-state index is 14.0. The third-order valence-electron chi connectivity index (χ3n) is 9.50. The van der Waals surface area contributed by atoms with E-state index in [0.29, 0.717) is 47.7 Å². The molecule has 4 heterocycles. The van der Waals surface area contributed by atoms with Gasteiger partial charge in [-0.25, -0.2) is 13.2 Å². The number of ether oxygens (including phenoxy) is 7. The van der Waals surface area contributed by atoms with Gasteiger partial charge in [0.15, 0.2) is 24.4 Å². The van der Waals surface area contributed by atoms with Gasteiger partial charge in [0.25, 0.3) is 5.89 Å². The quantitative estimate of drug-likeness (QED) is 0.165. The lowest BCUT2D eigenvalue weighted by molar-refractivity contribution is -0.0907. The number of benzene rings is 3. The summed E-state index contributed by atoms with van der Waals surface area (Å²) in [5.74, 6) is 2.54. The summed E-state index contributed by atoms with van der Waals surface area (Å²) in [6.45, 7) is 4.32. The van der Waals surface area contributed by atoms with E-state index >= 15 is 0 Å². The Labute approximate surface area is 318 Å². The molecule has 0 unspecified atom stereocenters. The minimum atomic E-state index is -4.10. The van der Waals surface area contributed by atoms with E-state index in [1.807, 2.05) is 26.0 Å². The molecule has 3 aliphatic rings. The first-order valence-electron chi connectivity index (χ1n) is 18.0. The van der Waals surface area contributed by atoms with Gasteiger partial charge in [-0.15, -0.1) is 0 Å². The van der Waals surface area contributed by atoms with Gasteiger partial charge < -0.3 is 48.1 Å². The number of fused-ring (bicyclic) bond motifs is 2. The Balaban J connectivity index is 1.04. The number of alkyl carbamates (subject to hydrolysis) is 1. The first-order valence-corrected chi connectivity index (χ1v) is 19.5. The number of nitrogens with zero attached hydrogens (tertiary/aromatic N) is 3. The van der Waals surface area contributed by atoms with Gasteiger partial charge in [0.1, 0.15) is 17.6 Å². The number of hydrogen-bond acceptors (Lipinski definition) is 14. The number of rotatable bonds is 16.